The summed E-state index contributed by atoms with van der Waals surface area (Å²) in [5, 5.41) is 0. The van der Waals surface area contributed by atoms with E-state index in [1.54, 1.807) is 34.1 Å². The summed E-state index contributed by atoms with van der Waals surface area (Å²) >= 11 is 0. The molecule has 0 bridgehead atoms. The van der Waals surface area contributed by atoms with Gasteiger partial charge in [0.1, 0.15) is 0 Å². The number of hydrogen-bond donors (Lipinski definition) is 0. The van der Waals surface area contributed by atoms with Crippen LogP contribution in [0.1, 0.15) is 40.0 Å². The zero-order valence-corrected chi connectivity index (χ0v) is 14.3. The van der Waals surface area contributed by atoms with E-state index in [4.69, 9.17) is 9.47 Å². The number of piperidine rings is 1. The fourth-order valence-electron chi connectivity index (χ4n) is 3.36. The predicted molar refractivity (Wildman–Crippen MR) is 89.4 cm³/mol. The van der Waals surface area contributed by atoms with Crippen LogP contribution in [0.25, 0.3) is 0 Å². The molecule has 2 fully saturated rings. The molecule has 0 N–H and O–H groups in total. The van der Waals surface area contributed by atoms with Gasteiger partial charge >= 0.3 is 12.1 Å². The van der Waals surface area contributed by atoms with Gasteiger partial charge in [-0.15, -0.1) is 0 Å². The number of likely N-dealkylation sites (tertiary alicyclic amines) is 1. The zero-order chi connectivity index (χ0) is 17.8. The fraction of sp³-hybridized carbons (Fsp3) is 0.500. The van der Waals surface area contributed by atoms with E-state index in [2.05, 4.69) is 0 Å². The van der Waals surface area contributed by atoms with Gasteiger partial charge in [0.2, 0.25) is 0 Å². The maximum atomic E-state index is 12.7. The normalized spacial score (nSPS) is 18.7. The van der Waals surface area contributed by atoms with Crippen molar-refractivity contribution in [2.45, 2.75) is 25.3 Å². The van der Waals surface area contributed by atoms with Crippen molar-refractivity contribution in [3.05, 3.63) is 35.4 Å². The number of hydrogen-bond acceptors (Lipinski definition) is 5. The standard InChI is InChI=1S/C18H22N2O5/c1-24-17(22)14-5-2-4-13(12-14)16(21)19-9-6-15(7-10-19)20-8-3-11-25-18(20)23/h2,4-5,12,15H,3,6-11H2,1H3. The molecule has 0 aromatic heterocycles. The van der Waals surface area contributed by atoms with Crippen LogP contribution in [0, 0.1) is 0 Å². The molecule has 1 aromatic rings. The van der Waals surface area contributed by atoms with Gasteiger partial charge in [-0.3, -0.25) is 4.79 Å². The summed E-state index contributed by atoms with van der Waals surface area (Å²) < 4.78 is 9.79. The summed E-state index contributed by atoms with van der Waals surface area (Å²) in [6.45, 7) is 2.37. The molecule has 2 aliphatic rings. The van der Waals surface area contributed by atoms with Crippen molar-refractivity contribution in [2.24, 2.45) is 0 Å². The van der Waals surface area contributed by atoms with Gasteiger partial charge in [0.05, 0.1) is 19.3 Å². The van der Waals surface area contributed by atoms with Crippen LogP contribution < -0.4 is 0 Å². The Kier molecular flexibility index (Phi) is 5.21. The Morgan fingerprint density at radius 2 is 1.88 bits per heavy atom. The highest BCUT2D eigenvalue weighted by Crippen LogP contribution is 2.21. The molecule has 134 valence electrons. The van der Waals surface area contributed by atoms with Crippen molar-refractivity contribution in [1.82, 2.24) is 9.80 Å². The third kappa shape index (κ3) is 3.75. The molecule has 2 heterocycles. The molecule has 25 heavy (non-hydrogen) atoms. The van der Waals surface area contributed by atoms with E-state index in [1.807, 2.05) is 0 Å². The van der Waals surface area contributed by atoms with Crippen LogP contribution in [0.3, 0.4) is 0 Å². The maximum absolute atomic E-state index is 12.7. The third-order valence-electron chi connectivity index (χ3n) is 4.73. The molecular weight excluding hydrogens is 324 g/mol. The summed E-state index contributed by atoms with van der Waals surface area (Å²) in [5.74, 6) is -0.567. The molecule has 7 heteroatoms. The molecule has 0 aliphatic carbocycles. The topological polar surface area (TPSA) is 76.2 Å². The fourth-order valence-corrected chi connectivity index (χ4v) is 3.36. The summed E-state index contributed by atoms with van der Waals surface area (Å²) in [6, 6.07) is 6.68. The molecule has 0 radical (unpaired) electrons. The van der Waals surface area contributed by atoms with Crippen molar-refractivity contribution >= 4 is 18.0 Å². The Labute approximate surface area is 146 Å². The van der Waals surface area contributed by atoms with E-state index in [-0.39, 0.29) is 18.0 Å². The van der Waals surface area contributed by atoms with Crippen LogP contribution in [-0.4, -0.2) is 67.2 Å². The molecule has 0 unspecified atom stereocenters. The van der Waals surface area contributed by atoms with Gasteiger partial charge in [-0.05, 0) is 37.5 Å². The van der Waals surface area contributed by atoms with E-state index in [0.717, 1.165) is 25.8 Å². The number of cyclic esters (lactones) is 1. The van der Waals surface area contributed by atoms with Gasteiger partial charge in [-0.25, -0.2) is 9.59 Å². The van der Waals surface area contributed by atoms with Crippen LogP contribution in [0.15, 0.2) is 24.3 Å². The van der Waals surface area contributed by atoms with Gasteiger partial charge < -0.3 is 19.3 Å². The number of amides is 2. The molecule has 2 aliphatic heterocycles. The highest BCUT2D eigenvalue weighted by molar-refractivity contribution is 5.98. The van der Waals surface area contributed by atoms with Gasteiger partial charge in [0.15, 0.2) is 0 Å². The van der Waals surface area contributed by atoms with Crippen molar-refractivity contribution in [2.75, 3.05) is 33.4 Å². The average Bonchev–Trinajstić information content (AvgIpc) is 2.67. The van der Waals surface area contributed by atoms with E-state index >= 15 is 0 Å². The first kappa shape index (κ1) is 17.3. The monoisotopic (exact) mass is 346 g/mol. The first-order valence-corrected chi connectivity index (χ1v) is 8.51. The minimum absolute atomic E-state index is 0.106. The van der Waals surface area contributed by atoms with Gasteiger partial charge in [0, 0.05) is 31.2 Å². The average molecular weight is 346 g/mol. The number of carbonyl (C=O) groups is 3. The minimum Gasteiger partial charge on any atom is -0.465 e. The SMILES string of the molecule is COC(=O)c1cccc(C(=O)N2CCC(N3CCCOC3=O)CC2)c1. The molecule has 2 saturated heterocycles. The second-order valence-electron chi connectivity index (χ2n) is 6.26. The molecular formula is C18H22N2O5. The largest absolute Gasteiger partial charge is 0.465 e. The lowest BCUT2D eigenvalue weighted by molar-refractivity contribution is 0.0356. The lowest BCUT2D eigenvalue weighted by Crippen LogP contribution is -2.50. The number of rotatable bonds is 3. The third-order valence-corrected chi connectivity index (χ3v) is 4.73. The van der Waals surface area contributed by atoms with Crippen molar-refractivity contribution < 1.29 is 23.9 Å². The molecule has 7 nitrogen and oxygen atoms in total. The first-order chi connectivity index (χ1) is 12.1. The van der Waals surface area contributed by atoms with Gasteiger partial charge in [-0.2, -0.15) is 0 Å². The highest BCUT2D eigenvalue weighted by Gasteiger charge is 2.32. The molecule has 1 aromatic carbocycles. The van der Waals surface area contributed by atoms with Crippen LogP contribution in [0.5, 0.6) is 0 Å². The highest BCUT2D eigenvalue weighted by atomic mass is 16.6. The number of ether oxygens (including phenoxy) is 2. The summed E-state index contributed by atoms with van der Waals surface area (Å²) in [6.07, 6.45) is 2.07. The van der Waals surface area contributed by atoms with E-state index < -0.39 is 5.97 Å². The Hall–Kier alpha value is -2.57. The molecule has 0 saturated carbocycles. The minimum atomic E-state index is -0.461. The number of esters is 1. The quantitative estimate of drug-likeness (QED) is 0.782. The number of nitrogens with zero attached hydrogens (tertiary/aromatic N) is 2. The molecule has 0 atom stereocenters. The summed E-state index contributed by atoms with van der Waals surface area (Å²) in [4.78, 5) is 39.7. The van der Waals surface area contributed by atoms with Gasteiger partial charge in [-0.1, -0.05) is 6.07 Å². The first-order valence-electron chi connectivity index (χ1n) is 8.51. The Morgan fingerprint density at radius 1 is 1.16 bits per heavy atom. The second kappa shape index (κ2) is 7.55. The molecule has 3 rings (SSSR count). The number of methoxy groups -OCH3 is 1. The number of benzene rings is 1. The van der Waals surface area contributed by atoms with Crippen LogP contribution in [0.4, 0.5) is 4.79 Å². The molecule has 2 amide bonds. The van der Waals surface area contributed by atoms with E-state index in [9.17, 15) is 14.4 Å². The smallest absolute Gasteiger partial charge is 0.410 e. The van der Waals surface area contributed by atoms with Gasteiger partial charge in [0.25, 0.3) is 5.91 Å². The zero-order valence-electron chi connectivity index (χ0n) is 14.3. The predicted octanol–water partition coefficient (Wildman–Crippen LogP) is 1.92. The maximum Gasteiger partial charge on any atom is 0.410 e. The van der Waals surface area contributed by atoms with Crippen molar-refractivity contribution in [3.8, 4) is 0 Å². The van der Waals surface area contributed by atoms with Crippen molar-refractivity contribution in [1.29, 1.82) is 0 Å². The van der Waals surface area contributed by atoms with E-state index in [0.29, 0.717) is 30.8 Å². The van der Waals surface area contributed by atoms with Crippen LogP contribution >= 0.6 is 0 Å². The lowest BCUT2D eigenvalue weighted by atomic mass is 10.0. The Bertz CT molecular complexity index is 667. The summed E-state index contributed by atoms with van der Waals surface area (Å²) in [5.41, 5.74) is 0.832. The Balaban J connectivity index is 1.62. The van der Waals surface area contributed by atoms with Crippen molar-refractivity contribution in [3.63, 3.8) is 0 Å². The van der Waals surface area contributed by atoms with E-state index in [1.165, 1.54) is 7.11 Å². The molecule has 0 spiro atoms. The summed E-state index contributed by atoms with van der Waals surface area (Å²) in [7, 11) is 1.31. The van der Waals surface area contributed by atoms with Crippen LogP contribution in [0.2, 0.25) is 0 Å². The second-order valence-corrected chi connectivity index (χ2v) is 6.26. The Morgan fingerprint density at radius 3 is 2.56 bits per heavy atom. The van der Waals surface area contributed by atoms with Crippen LogP contribution in [-0.2, 0) is 9.47 Å². The number of carbonyl (C=O) groups excluding carboxylic acids is 3. The lowest BCUT2D eigenvalue weighted by Gasteiger charge is -2.39.